The highest BCUT2D eigenvalue weighted by Gasteiger charge is 2.17. The van der Waals surface area contributed by atoms with Crippen molar-refractivity contribution in [2.24, 2.45) is 0 Å². The predicted molar refractivity (Wildman–Crippen MR) is 91.0 cm³/mol. The van der Waals surface area contributed by atoms with Gasteiger partial charge in [-0.2, -0.15) is 0 Å². The van der Waals surface area contributed by atoms with E-state index in [1.54, 1.807) is 0 Å². The lowest BCUT2D eigenvalue weighted by Gasteiger charge is -2.25. The van der Waals surface area contributed by atoms with Gasteiger partial charge in [0.2, 0.25) is 5.91 Å². The smallest absolute Gasteiger partial charge is 0.244 e. The number of nitrogens with one attached hydrogen (secondary N) is 1. The van der Waals surface area contributed by atoms with Crippen LogP contribution in [0, 0.1) is 0 Å². The molecule has 1 aromatic carbocycles. The molecule has 0 aliphatic rings. The first-order valence-electron chi connectivity index (χ1n) is 7.97. The third-order valence-corrected chi connectivity index (χ3v) is 3.82. The Hall–Kier alpha value is -1.71. The average molecular weight is 291 g/mol. The molecule has 4 heteroatoms. The Morgan fingerprint density at radius 2 is 1.52 bits per heavy atom. The quantitative estimate of drug-likeness (QED) is 0.799. The Morgan fingerprint density at radius 1 is 1.00 bits per heavy atom. The van der Waals surface area contributed by atoms with Crippen LogP contribution in [0.25, 0.3) is 0 Å². The second-order valence-electron chi connectivity index (χ2n) is 5.10. The highest BCUT2D eigenvalue weighted by atomic mass is 16.2. The normalized spacial score (nSPS) is 11.9. The molecule has 0 aliphatic heterocycles. The summed E-state index contributed by atoms with van der Waals surface area (Å²) < 4.78 is 0. The number of hydrogen-bond acceptors (Lipinski definition) is 3. The minimum absolute atomic E-state index is 0.146. The summed E-state index contributed by atoms with van der Waals surface area (Å²) in [6.45, 7) is 13.7. The summed E-state index contributed by atoms with van der Waals surface area (Å²) >= 11 is 0. The van der Waals surface area contributed by atoms with E-state index in [0.29, 0.717) is 0 Å². The average Bonchev–Trinajstić information content (AvgIpc) is 2.51. The molecule has 118 valence electrons. The van der Waals surface area contributed by atoms with E-state index < -0.39 is 0 Å². The molecule has 0 spiro atoms. The van der Waals surface area contributed by atoms with E-state index in [4.69, 9.17) is 0 Å². The van der Waals surface area contributed by atoms with E-state index in [-0.39, 0.29) is 11.9 Å². The van der Waals surface area contributed by atoms with E-state index in [2.05, 4.69) is 36.2 Å². The van der Waals surface area contributed by atoms with Gasteiger partial charge >= 0.3 is 0 Å². The zero-order chi connectivity index (χ0) is 15.8. The molecule has 21 heavy (non-hydrogen) atoms. The first-order valence-corrected chi connectivity index (χ1v) is 7.97. The summed E-state index contributed by atoms with van der Waals surface area (Å²) in [5, 5.41) is 3.28. The number of anilines is 2. The van der Waals surface area contributed by atoms with E-state index in [1.807, 2.05) is 37.8 Å². The summed E-state index contributed by atoms with van der Waals surface area (Å²) in [6, 6.07) is 8.08. The summed E-state index contributed by atoms with van der Waals surface area (Å²) in [4.78, 5) is 16.4. The van der Waals surface area contributed by atoms with Crippen LogP contribution < -0.4 is 10.2 Å². The molecule has 0 aromatic heterocycles. The monoisotopic (exact) mass is 291 g/mol. The largest absolute Gasteiger partial charge is 0.374 e. The van der Waals surface area contributed by atoms with Gasteiger partial charge in [0.05, 0.1) is 0 Å². The van der Waals surface area contributed by atoms with Crippen LogP contribution in [0.1, 0.15) is 34.6 Å². The van der Waals surface area contributed by atoms with Crippen LogP contribution in [-0.4, -0.2) is 43.0 Å². The van der Waals surface area contributed by atoms with E-state index in [0.717, 1.165) is 31.9 Å². The molecular weight excluding hydrogens is 262 g/mol. The Balaban J connectivity index is 2.69. The Bertz CT molecular complexity index is 422. The number of hydrogen-bond donors (Lipinski definition) is 1. The number of rotatable bonds is 8. The molecule has 0 aliphatic carbocycles. The minimum atomic E-state index is -0.204. The van der Waals surface area contributed by atoms with Crippen molar-refractivity contribution in [1.82, 2.24) is 4.90 Å². The number of nitrogens with zero attached hydrogens (tertiary/aromatic N) is 2. The predicted octanol–water partition coefficient (Wildman–Crippen LogP) is 3.20. The van der Waals surface area contributed by atoms with Crippen LogP contribution >= 0.6 is 0 Å². The highest BCUT2D eigenvalue weighted by molar-refractivity contribution is 5.84. The third kappa shape index (κ3) is 4.66. The van der Waals surface area contributed by atoms with Crippen molar-refractivity contribution in [3.63, 3.8) is 0 Å². The van der Waals surface area contributed by atoms with Gasteiger partial charge < -0.3 is 15.1 Å². The molecule has 1 amide bonds. The second kappa shape index (κ2) is 8.55. The Morgan fingerprint density at radius 3 is 1.95 bits per heavy atom. The number of carbonyl (C=O) groups is 1. The number of likely N-dealkylation sites (N-methyl/N-ethyl adjacent to an activating group) is 1. The van der Waals surface area contributed by atoms with Crippen LogP contribution in [-0.2, 0) is 4.79 Å². The molecule has 1 aromatic rings. The van der Waals surface area contributed by atoms with E-state index in [1.165, 1.54) is 5.69 Å². The lowest BCUT2D eigenvalue weighted by molar-refractivity contribution is -0.131. The fourth-order valence-corrected chi connectivity index (χ4v) is 2.48. The van der Waals surface area contributed by atoms with Gasteiger partial charge in [-0.1, -0.05) is 0 Å². The molecule has 0 saturated heterocycles. The van der Waals surface area contributed by atoms with Gasteiger partial charge in [-0.05, 0) is 58.9 Å². The van der Waals surface area contributed by atoms with Crippen LogP contribution in [0.2, 0.25) is 0 Å². The van der Waals surface area contributed by atoms with Crippen molar-refractivity contribution in [2.75, 3.05) is 36.4 Å². The molecule has 0 saturated carbocycles. The second-order valence-corrected chi connectivity index (χ2v) is 5.10. The molecule has 0 radical (unpaired) electrons. The first-order chi connectivity index (χ1) is 10.1. The van der Waals surface area contributed by atoms with Gasteiger partial charge in [-0.15, -0.1) is 0 Å². The molecular formula is C17H29N3O. The Kier molecular flexibility index (Phi) is 7.06. The fourth-order valence-electron chi connectivity index (χ4n) is 2.48. The third-order valence-electron chi connectivity index (χ3n) is 3.82. The number of carbonyl (C=O) groups excluding carboxylic acids is 1. The van der Waals surface area contributed by atoms with Crippen molar-refractivity contribution in [3.8, 4) is 0 Å². The maximum atomic E-state index is 12.2. The van der Waals surface area contributed by atoms with E-state index in [9.17, 15) is 4.79 Å². The van der Waals surface area contributed by atoms with Crippen molar-refractivity contribution in [3.05, 3.63) is 24.3 Å². The zero-order valence-electron chi connectivity index (χ0n) is 14.0. The van der Waals surface area contributed by atoms with E-state index >= 15 is 0 Å². The van der Waals surface area contributed by atoms with Crippen LogP contribution in [0.15, 0.2) is 24.3 Å². The minimum Gasteiger partial charge on any atom is -0.374 e. The topological polar surface area (TPSA) is 35.6 Å². The summed E-state index contributed by atoms with van der Waals surface area (Å²) in [5.41, 5.74) is 2.20. The van der Waals surface area contributed by atoms with Crippen LogP contribution in [0.5, 0.6) is 0 Å². The Labute approximate surface area is 129 Å². The maximum Gasteiger partial charge on any atom is 0.244 e. The van der Waals surface area contributed by atoms with Gasteiger partial charge in [0.1, 0.15) is 6.04 Å². The summed E-state index contributed by atoms with van der Waals surface area (Å²) in [6.07, 6.45) is 0. The van der Waals surface area contributed by atoms with Gasteiger partial charge in [-0.3, -0.25) is 4.79 Å². The molecule has 0 bridgehead atoms. The molecule has 1 unspecified atom stereocenters. The number of amides is 1. The molecule has 1 N–H and O–H groups in total. The lowest BCUT2D eigenvalue weighted by Crippen LogP contribution is -2.41. The highest BCUT2D eigenvalue weighted by Crippen LogP contribution is 2.18. The maximum absolute atomic E-state index is 12.2. The lowest BCUT2D eigenvalue weighted by atomic mass is 10.2. The molecule has 1 rings (SSSR count). The summed E-state index contributed by atoms with van der Waals surface area (Å²) in [5.74, 6) is 0.146. The van der Waals surface area contributed by atoms with Crippen LogP contribution in [0.3, 0.4) is 0 Å². The molecule has 0 heterocycles. The molecule has 1 atom stereocenters. The molecule has 0 fully saturated rings. The standard InChI is InChI=1S/C17H29N3O/c1-6-19(7-2)16-12-10-15(11-13-16)18-14(5)17(21)20(8-3)9-4/h10-14,18H,6-9H2,1-5H3. The van der Waals surface area contributed by atoms with Gasteiger partial charge in [-0.25, -0.2) is 0 Å². The van der Waals surface area contributed by atoms with Crippen molar-refractivity contribution >= 4 is 17.3 Å². The van der Waals surface area contributed by atoms with Crippen molar-refractivity contribution in [2.45, 2.75) is 40.7 Å². The van der Waals surface area contributed by atoms with Gasteiger partial charge in [0.25, 0.3) is 0 Å². The van der Waals surface area contributed by atoms with Crippen molar-refractivity contribution < 1.29 is 4.79 Å². The SMILES string of the molecule is CCN(CC)C(=O)C(C)Nc1ccc(N(CC)CC)cc1. The number of benzene rings is 1. The van der Waals surface area contributed by atoms with Gasteiger partial charge in [0, 0.05) is 37.6 Å². The zero-order valence-corrected chi connectivity index (χ0v) is 14.0. The van der Waals surface area contributed by atoms with Crippen LogP contribution in [0.4, 0.5) is 11.4 Å². The fraction of sp³-hybridized carbons (Fsp3) is 0.588. The van der Waals surface area contributed by atoms with Crippen molar-refractivity contribution in [1.29, 1.82) is 0 Å². The molecule has 4 nitrogen and oxygen atoms in total. The van der Waals surface area contributed by atoms with Gasteiger partial charge in [0.15, 0.2) is 0 Å². The first kappa shape index (κ1) is 17.3. The summed E-state index contributed by atoms with van der Waals surface area (Å²) in [7, 11) is 0.